The molecule has 0 saturated heterocycles. The average molecular weight is 430 g/mol. The highest BCUT2D eigenvalue weighted by Crippen LogP contribution is 2.28. The van der Waals surface area contributed by atoms with Gasteiger partial charge in [0.15, 0.2) is 0 Å². The largest absolute Gasteiger partial charge is 0.416 e. The standard InChI is InChI=1S/C17H22F4N8O/c1-11-8-29(27-26-11)9-13(18)3-5-28(23)10-15(22)16(30)25-7-14-6-12(2-4-24-14)17(19,20)21/h2,4,6,8,10,13H,3,5,7,9,22-23H2,1H3,(H,25,30)/b15-10-. The summed E-state index contributed by atoms with van der Waals surface area (Å²) in [6.45, 7) is 1.56. The van der Waals surface area contributed by atoms with Crippen LogP contribution in [0.25, 0.3) is 0 Å². The van der Waals surface area contributed by atoms with Crippen molar-refractivity contribution < 1.29 is 22.4 Å². The molecule has 0 aromatic carbocycles. The van der Waals surface area contributed by atoms with Crippen LogP contribution in [-0.2, 0) is 24.1 Å². The summed E-state index contributed by atoms with van der Waals surface area (Å²) in [6, 6.07) is 1.65. The Kier molecular flexibility index (Phi) is 7.69. The number of carbonyl (C=O) groups is 1. The second-order valence-electron chi connectivity index (χ2n) is 6.51. The highest BCUT2D eigenvalue weighted by molar-refractivity contribution is 5.92. The van der Waals surface area contributed by atoms with Gasteiger partial charge in [0, 0.05) is 25.1 Å². The zero-order valence-corrected chi connectivity index (χ0v) is 16.1. The van der Waals surface area contributed by atoms with E-state index >= 15 is 0 Å². The van der Waals surface area contributed by atoms with Crippen molar-refractivity contribution in [1.29, 1.82) is 0 Å². The van der Waals surface area contributed by atoms with Crippen molar-refractivity contribution in [2.75, 3.05) is 6.54 Å². The van der Waals surface area contributed by atoms with E-state index < -0.39 is 23.8 Å². The lowest BCUT2D eigenvalue weighted by Crippen LogP contribution is -2.34. The number of carbonyl (C=O) groups excluding carboxylic acids is 1. The van der Waals surface area contributed by atoms with E-state index in [0.717, 1.165) is 29.5 Å². The number of nitrogens with zero attached hydrogens (tertiary/aromatic N) is 5. The molecule has 164 valence electrons. The molecule has 0 aliphatic carbocycles. The number of aromatic nitrogens is 4. The number of alkyl halides is 4. The van der Waals surface area contributed by atoms with Crippen LogP contribution >= 0.6 is 0 Å². The smallest absolute Gasteiger partial charge is 0.393 e. The molecular formula is C17H22F4N8O. The fraction of sp³-hybridized carbons (Fsp3) is 0.412. The van der Waals surface area contributed by atoms with Crippen molar-refractivity contribution in [3.05, 3.63) is 53.4 Å². The van der Waals surface area contributed by atoms with Crippen molar-refractivity contribution in [2.45, 2.75) is 38.8 Å². The number of halogens is 4. The molecule has 0 aliphatic rings. The van der Waals surface area contributed by atoms with E-state index in [1.807, 2.05) is 0 Å². The van der Waals surface area contributed by atoms with Gasteiger partial charge in [-0.05, 0) is 25.5 Å². The first-order chi connectivity index (χ1) is 14.0. The van der Waals surface area contributed by atoms with E-state index in [2.05, 4.69) is 20.6 Å². The van der Waals surface area contributed by atoms with Gasteiger partial charge in [-0.2, -0.15) is 13.2 Å². The number of hydrazine groups is 1. The van der Waals surface area contributed by atoms with Crippen LogP contribution in [0.5, 0.6) is 0 Å². The Labute approximate surface area is 169 Å². The maximum atomic E-state index is 14.0. The lowest BCUT2D eigenvalue weighted by molar-refractivity contribution is -0.137. The summed E-state index contributed by atoms with van der Waals surface area (Å²) in [6.07, 6.45) is -1.99. The van der Waals surface area contributed by atoms with Gasteiger partial charge in [0.1, 0.15) is 11.9 Å². The van der Waals surface area contributed by atoms with Crippen LogP contribution in [0.15, 0.2) is 36.4 Å². The third kappa shape index (κ3) is 7.31. The van der Waals surface area contributed by atoms with E-state index in [1.54, 1.807) is 13.1 Å². The molecule has 0 fully saturated rings. The van der Waals surface area contributed by atoms with E-state index in [0.29, 0.717) is 5.69 Å². The first-order valence-electron chi connectivity index (χ1n) is 8.84. The van der Waals surface area contributed by atoms with Gasteiger partial charge in [0.2, 0.25) is 0 Å². The predicted molar refractivity (Wildman–Crippen MR) is 98.5 cm³/mol. The van der Waals surface area contributed by atoms with Gasteiger partial charge >= 0.3 is 6.18 Å². The van der Waals surface area contributed by atoms with Crippen molar-refractivity contribution in [1.82, 2.24) is 30.3 Å². The van der Waals surface area contributed by atoms with E-state index in [1.165, 1.54) is 4.68 Å². The predicted octanol–water partition coefficient (Wildman–Crippen LogP) is 1.02. The number of aryl methyl sites for hydroxylation is 1. The van der Waals surface area contributed by atoms with Gasteiger partial charge in [-0.15, -0.1) is 5.10 Å². The lowest BCUT2D eigenvalue weighted by atomic mass is 10.2. The fourth-order valence-corrected chi connectivity index (χ4v) is 2.39. The third-order valence-corrected chi connectivity index (χ3v) is 3.88. The van der Waals surface area contributed by atoms with Gasteiger partial charge in [-0.25, -0.2) is 14.9 Å². The molecule has 30 heavy (non-hydrogen) atoms. The minimum Gasteiger partial charge on any atom is -0.393 e. The number of nitrogens with one attached hydrogen (secondary N) is 1. The molecule has 2 aromatic heterocycles. The number of nitrogens with two attached hydrogens (primary N) is 2. The minimum absolute atomic E-state index is 0.0123. The van der Waals surface area contributed by atoms with Crippen LogP contribution in [0.4, 0.5) is 17.6 Å². The van der Waals surface area contributed by atoms with Crippen molar-refractivity contribution in [3.63, 3.8) is 0 Å². The highest BCUT2D eigenvalue weighted by Gasteiger charge is 2.30. The van der Waals surface area contributed by atoms with Crippen LogP contribution in [-0.4, -0.2) is 43.6 Å². The van der Waals surface area contributed by atoms with Crippen molar-refractivity contribution >= 4 is 5.91 Å². The first kappa shape index (κ1) is 23.1. The normalized spacial score (nSPS) is 13.2. The summed E-state index contributed by atoms with van der Waals surface area (Å²) in [5, 5.41) is 10.9. The summed E-state index contributed by atoms with van der Waals surface area (Å²) in [4.78, 5) is 15.8. The first-order valence-corrected chi connectivity index (χ1v) is 8.84. The molecule has 2 rings (SSSR count). The van der Waals surface area contributed by atoms with E-state index in [-0.39, 0.29) is 37.4 Å². The second-order valence-corrected chi connectivity index (χ2v) is 6.51. The number of hydrogen-bond donors (Lipinski definition) is 3. The second kappa shape index (κ2) is 10.0. The number of pyridine rings is 1. The molecule has 2 heterocycles. The Bertz CT molecular complexity index is 883. The minimum atomic E-state index is -4.51. The highest BCUT2D eigenvalue weighted by atomic mass is 19.4. The zero-order chi connectivity index (χ0) is 22.3. The molecule has 0 radical (unpaired) electrons. The van der Waals surface area contributed by atoms with E-state index in [4.69, 9.17) is 11.6 Å². The molecule has 1 amide bonds. The summed E-state index contributed by atoms with van der Waals surface area (Å²) < 4.78 is 53.4. The maximum absolute atomic E-state index is 14.0. The van der Waals surface area contributed by atoms with Crippen LogP contribution in [0.3, 0.4) is 0 Å². The Balaban J connectivity index is 1.80. The molecule has 1 atom stereocenters. The Morgan fingerprint density at radius 2 is 2.17 bits per heavy atom. The summed E-state index contributed by atoms with van der Waals surface area (Å²) in [5.41, 5.74) is 5.15. The van der Waals surface area contributed by atoms with Gasteiger partial charge in [0.25, 0.3) is 5.91 Å². The topological polar surface area (TPSA) is 128 Å². The molecule has 13 heteroatoms. The molecule has 0 saturated carbocycles. The van der Waals surface area contributed by atoms with Gasteiger partial charge in [-0.3, -0.25) is 9.78 Å². The molecule has 0 spiro atoms. The SMILES string of the molecule is Cc1cn(CC(F)CCN(N)/C=C(\N)C(=O)NCc2cc(C(F)(F)F)ccn2)nn1. The molecule has 2 aromatic rings. The molecule has 0 bridgehead atoms. The van der Waals surface area contributed by atoms with Gasteiger partial charge in [-0.1, -0.05) is 5.21 Å². The summed E-state index contributed by atoms with van der Waals surface area (Å²) >= 11 is 0. The van der Waals surface area contributed by atoms with Crippen molar-refractivity contribution in [2.24, 2.45) is 11.6 Å². The Morgan fingerprint density at radius 3 is 2.80 bits per heavy atom. The maximum Gasteiger partial charge on any atom is 0.416 e. The van der Waals surface area contributed by atoms with Crippen LogP contribution < -0.4 is 16.9 Å². The zero-order valence-electron chi connectivity index (χ0n) is 16.1. The monoisotopic (exact) mass is 430 g/mol. The number of rotatable bonds is 9. The quantitative estimate of drug-likeness (QED) is 0.235. The number of hydrogen-bond acceptors (Lipinski definition) is 7. The average Bonchev–Trinajstić information content (AvgIpc) is 3.08. The van der Waals surface area contributed by atoms with Crippen LogP contribution in [0, 0.1) is 6.92 Å². The van der Waals surface area contributed by atoms with Gasteiger partial charge in [0.05, 0.1) is 30.0 Å². The van der Waals surface area contributed by atoms with E-state index in [9.17, 15) is 22.4 Å². The molecule has 9 nitrogen and oxygen atoms in total. The molecular weight excluding hydrogens is 408 g/mol. The molecule has 1 unspecified atom stereocenters. The van der Waals surface area contributed by atoms with Crippen molar-refractivity contribution in [3.8, 4) is 0 Å². The fourth-order valence-electron chi connectivity index (χ4n) is 2.39. The third-order valence-electron chi connectivity index (χ3n) is 3.88. The Hall–Kier alpha value is -3.22. The molecule has 0 aliphatic heterocycles. The molecule has 5 N–H and O–H groups in total. The lowest BCUT2D eigenvalue weighted by Gasteiger charge is -2.16. The van der Waals surface area contributed by atoms with Gasteiger partial charge < -0.3 is 16.1 Å². The summed E-state index contributed by atoms with van der Waals surface area (Å²) in [7, 11) is 0. The van der Waals surface area contributed by atoms with Crippen LogP contribution in [0.1, 0.15) is 23.4 Å². The summed E-state index contributed by atoms with van der Waals surface area (Å²) in [5.74, 6) is 4.94. The van der Waals surface area contributed by atoms with Crippen LogP contribution in [0.2, 0.25) is 0 Å². The Morgan fingerprint density at radius 1 is 1.43 bits per heavy atom. The number of amides is 1.